The van der Waals surface area contributed by atoms with Gasteiger partial charge < -0.3 is 19.5 Å². The summed E-state index contributed by atoms with van der Waals surface area (Å²) < 4.78 is 18.0. The summed E-state index contributed by atoms with van der Waals surface area (Å²) in [6, 6.07) is 20.9. The smallest absolute Gasteiger partial charge is 0.114 e. The fraction of sp³-hybridized carbons (Fsp3) is 0.400. The fourth-order valence-electron chi connectivity index (χ4n) is 3.40. The third-order valence-electron chi connectivity index (χ3n) is 4.73. The van der Waals surface area contributed by atoms with Crippen molar-refractivity contribution < 1.29 is 14.2 Å². The highest BCUT2D eigenvalue weighted by Gasteiger charge is 2.48. The first-order valence-electron chi connectivity index (χ1n) is 8.56. The molecule has 24 heavy (non-hydrogen) atoms. The largest absolute Gasteiger partial charge is 0.371 e. The van der Waals surface area contributed by atoms with Crippen molar-refractivity contribution in [3.8, 4) is 0 Å². The lowest BCUT2D eigenvalue weighted by Gasteiger charge is -2.18. The summed E-state index contributed by atoms with van der Waals surface area (Å²) in [6.07, 6.45) is 0.121. The van der Waals surface area contributed by atoms with Crippen molar-refractivity contribution >= 4 is 0 Å². The minimum absolute atomic E-state index is 0.0127. The monoisotopic (exact) mass is 325 g/mol. The normalized spacial score (nSPS) is 28.8. The van der Waals surface area contributed by atoms with Crippen molar-refractivity contribution in [1.29, 1.82) is 0 Å². The number of nitrogens with one attached hydrogen (secondary N) is 1. The topological polar surface area (TPSA) is 39.7 Å². The number of rotatable bonds is 6. The molecule has 0 spiro atoms. The van der Waals surface area contributed by atoms with E-state index in [1.807, 2.05) is 24.3 Å². The second-order valence-corrected chi connectivity index (χ2v) is 6.40. The predicted molar refractivity (Wildman–Crippen MR) is 91.6 cm³/mol. The van der Waals surface area contributed by atoms with E-state index in [2.05, 4.69) is 41.7 Å². The lowest BCUT2D eigenvalue weighted by Crippen LogP contribution is -2.41. The van der Waals surface area contributed by atoms with E-state index in [4.69, 9.17) is 14.2 Å². The van der Waals surface area contributed by atoms with Gasteiger partial charge in [-0.2, -0.15) is 0 Å². The maximum absolute atomic E-state index is 6.04. The van der Waals surface area contributed by atoms with Gasteiger partial charge in [0.15, 0.2) is 0 Å². The van der Waals surface area contributed by atoms with E-state index in [-0.39, 0.29) is 24.4 Å². The molecule has 2 fully saturated rings. The summed E-state index contributed by atoms with van der Waals surface area (Å²) in [7, 11) is 0. The van der Waals surface area contributed by atoms with Gasteiger partial charge in [0, 0.05) is 6.54 Å². The van der Waals surface area contributed by atoms with Gasteiger partial charge >= 0.3 is 0 Å². The average molecular weight is 325 g/mol. The number of ether oxygens (including phenoxy) is 3. The first-order chi connectivity index (χ1) is 11.9. The van der Waals surface area contributed by atoms with Gasteiger partial charge in [-0.3, -0.25) is 0 Å². The van der Waals surface area contributed by atoms with Crippen LogP contribution in [-0.4, -0.2) is 37.6 Å². The molecule has 0 radical (unpaired) electrons. The van der Waals surface area contributed by atoms with Gasteiger partial charge in [-0.25, -0.2) is 0 Å². The van der Waals surface area contributed by atoms with Crippen LogP contribution in [0.4, 0.5) is 0 Å². The minimum Gasteiger partial charge on any atom is -0.371 e. The van der Waals surface area contributed by atoms with Crippen LogP contribution < -0.4 is 5.32 Å². The molecule has 2 aromatic rings. The van der Waals surface area contributed by atoms with Crippen LogP contribution in [0.2, 0.25) is 0 Å². The van der Waals surface area contributed by atoms with Gasteiger partial charge in [0.2, 0.25) is 0 Å². The van der Waals surface area contributed by atoms with Gasteiger partial charge in [-0.15, -0.1) is 0 Å². The van der Waals surface area contributed by atoms with Gasteiger partial charge in [0.1, 0.15) is 18.3 Å². The molecule has 2 heterocycles. The zero-order chi connectivity index (χ0) is 16.2. The Labute approximate surface area is 142 Å². The van der Waals surface area contributed by atoms with Crippen molar-refractivity contribution in [2.75, 3.05) is 13.2 Å². The molecule has 0 amide bonds. The van der Waals surface area contributed by atoms with Gasteiger partial charge in [-0.1, -0.05) is 60.7 Å². The molecule has 126 valence electrons. The van der Waals surface area contributed by atoms with Crippen molar-refractivity contribution in [3.63, 3.8) is 0 Å². The Balaban J connectivity index is 1.29. The predicted octanol–water partition coefficient (Wildman–Crippen LogP) is 2.53. The first-order valence-corrected chi connectivity index (χ1v) is 8.56. The van der Waals surface area contributed by atoms with E-state index in [9.17, 15) is 0 Å². The Hall–Kier alpha value is -1.72. The SMILES string of the molecule is c1ccc(CN[C@@H]2COC3C2OC[C@H]3OCc2ccccc2)cc1. The molecule has 4 rings (SSSR count). The summed E-state index contributed by atoms with van der Waals surface area (Å²) in [5.41, 5.74) is 2.45. The van der Waals surface area contributed by atoms with Crippen LogP contribution in [0.15, 0.2) is 60.7 Å². The minimum atomic E-state index is 0.0127. The second-order valence-electron chi connectivity index (χ2n) is 6.40. The molecule has 1 N–H and O–H groups in total. The van der Waals surface area contributed by atoms with E-state index in [0.29, 0.717) is 19.8 Å². The van der Waals surface area contributed by atoms with Crippen molar-refractivity contribution in [1.82, 2.24) is 5.32 Å². The molecule has 0 bridgehead atoms. The first kappa shape index (κ1) is 15.8. The lowest BCUT2D eigenvalue weighted by molar-refractivity contribution is -0.0393. The molecule has 4 atom stereocenters. The Morgan fingerprint density at radius 1 is 0.833 bits per heavy atom. The molecule has 2 unspecified atom stereocenters. The average Bonchev–Trinajstić information content (AvgIpc) is 3.22. The zero-order valence-corrected chi connectivity index (χ0v) is 13.6. The standard InChI is InChI=1S/C20H23NO3/c1-3-7-15(8-4-1)11-21-17-13-23-20-18(14-24-19(17)20)22-12-16-9-5-2-6-10-16/h1-10,17-21H,11-14H2/t17-,18-,19?,20?/m1/s1. The molecule has 0 aromatic heterocycles. The molecule has 4 nitrogen and oxygen atoms in total. The summed E-state index contributed by atoms with van der Waals surface area (Å²) in [6.45, 7) is 2.71. The highest BCUT2D eigenvalue weighted by Crippen LogP contribution is 2.29. The quantitative estimate of drug-likeness (QED) is 0.886. The zero-order valence-electron chi connectivity index (χ0n) is 13.6. The molecule has 2 aliphatic heterocycles. The molecule has 4 heteroatoms. The maximum atomic E-state index is 6.04. The van der Waals surface area contributed by atoms with Crippen LogP contribution in [0.25, 0.3) is 0 Å². The number of hydrogen-bond acceptors (Lipinski definition) is 4. The van der Waals surface area contributed by atoms with Crippen LogP contribution in [0.5, 0.6) is 0 Å². The van der Waals surface area contributed by atoms with E-state index >= 15 is 0 Å². The molecular weight excluding hydrogens is 302 g/mol. The maximum Gasteiger partial charge on any atom is 0.114 e. The number of benzene rings is 2. The Morgan fingerprint density at radius 2 is 1.50 bits per heavy atom. The van der Waals surface area contributed by atoms with Gasteiger partial charge in [0.25, 0.3) is 0 Å². The van der Waals surface area contributed by atoms with Crippen LogP contribution in [0.3, 0.4) is 0 Å². The highest BCUT2D eigenvalue weighted by molar-refractivity contribution is 5.15. The second kappa shape index (κ2) is 7.45. The molecule has 2 saturated heterocycles. The van der Waals surface area contributed by atoms with E-state index in [1.54, 1.807) is 0 Å². The molecule has 2 aromatic carbocycles. The molecule has 0 aliphatic carbocycles. The van der Waals surface area contributed by atoms with Crippen LogP contribution in [0.1, 0.15) is 11.1 Å². The Kier molecular flexibility index (Phi) is 4.90. The Bertz CT molecular complexity index is 576. The lowest BCUT2D eigenvalue weighted by atomic mass is 10.1. The van der Waals surface area contributed by atoms with Crippen molar-refractivity contribution in [2.45, 2.75) is 37.5 Å². The fourth-order valence-corrected chi connectivity index (χ4v) is 3.40. The van der Waals surface area contributed by atoms with E-state index in [1.165, 1.54) is 11.1 Å². The molecule has 2 aliphatic rings. The summed E-state index contributed by atoms with van der Waals surface area (Å²) in [5, 5.41) is 3.56. The van der Waals surface area contributed by atoms with Crippen molar-refractivity contribution in [3.05, 3.63) is 71.8 Å². The van der Waals surface area contributed by atoms with Crippen LogP contribution in [0, 0.1) is 0 Å². The Morgan fingerprint density at radius 3 is 2.25 bits per heavy atom. The molecular formula is C20H23NO3. The summed E-state index contributed by atoms with van der Waals surface area (Å²) >= 11 is 0. The third kappa shape index (κ3) is 3.52. The number of fused-ring (bicyclic) bond motifs is 1. The van der Waals surface area contributed by atoms with E-state index in [0.717, 1.165) is 6.54 Å². The van der Waals surface area contributed by atoms with Crippen LogP contribution in [-0.2, 0) is 27.4 Å². The van der Waals surface area contributed by atoms with Gasteiger partial charge in [-0.05, 0) is 11.1 Å². The molecule has 0 saturated carbocycles. The summed E-state index contributed by atoms with van der Waals surface area (Å²) in [5.74, 6) is 0. The van der Waals surface area contributed by atoms with Crippen LogP contribution >= 0.6 is 0 Å². The summed E-state index contributed by atoms with van der Waals surface area (Å²) in [4.78, 5) is 0. The third-order valence-corrected chi connectivity index (χ3v) is 4.73. The van der Waals surface area contributed by atoms with Crippen molar-refractivity contribution in [2.24, 2.45) is 0 Å². The van der Waals surface area contributed by atoms with Gasteiger partial charge in [0.05, 0.1) is 25.9 Å². The highest BCUT2D eigenvalue weighted by atomic mass is 16.6. The van der Waals surface area contributed by atoms with E-state index < -0.39 is 0 Å². The number of hydrogen-bond donors (Lipinski definition) is 1.